The van der Waals surface area contributed by atoms with Crippen molar-refractivity contribution in [2.24, 2.45) is 0 Å². The Kier molecular flexibility index (Phi) is 6.87. The van der Waals surface area contributed by atoms with Crippen molar-refractivity contribution in [3.63, 3.8) is 0 Å². The van der Waals surface area contributed by atoms with Gasteiger partial charge in [0.05, 0.1) is 6.54 Å². The Hall–Kier alpha value is -3.05. The van der Waals surface area contributed by atoms with Crippen molar-refractivity contribution in [3.05, 3.63) is 78.5 Å². The molecule has 1 N–H and O–H groups in total. The number of carbonyl (C=O) groups is 1. The summed E-state index contributed by atoms with van der Waals surface area (Å²) in [6.07, 6.45) is 1.57. The standard InChI is InChI=1S/C23H25NO4/c1-2-27-22(23(25)26)17-18-10-12-20(13-11-18)28-16-15-24-14-6-9-21(24)19-7-4-3-5-8-19/h3-14,22H,2,15-17H2,1H3,(H,25,26). The highest BCUT2D eigenvalue weighted by molar-refractivity contribution is 5.72. The van der Waals surface area contributed by atoms with Crippen molar-refractivity contribution in [1.82, 2.24) is 4.57 Å². The molecule has 5 nitrogen and oxygen atoms in total. The molecule has 0 aliphatic rings. The normalized spacial score (nSPS) is 11.9. The largest absolute Gasteiger partial charge is 0.492 e. The molecule has 3 rings (SSSR count). The van der Waals surface area contributed by atoms with Crippen LogP contribution >= 0.6 is 0 Å². The van der Waals surface area contributed by atoms with E-state index in [1.165, 1.54) is 5.56 Å². The molecule has 5 heteroatoms. The first-order valence-electron chi connectivity index (χ1n) is 9.44. The van der Waals surface area contributed by atoms with E-state index in [2.05, 4.69) is 29.0 Å². The molecule has 0 amide bonds. The highest BCUT2D eigenvalue weighted by Crippen LogP contribution is 2.20. The minimum absolute atomic E-state index is 0.341. The number of hydrogen-bond donors (Lipinski definition) is 1. The molecule has 1 heterocycles. The summed E-state index contributed by atoms with van der Waals surface area (Å²) in [6.45, 7) is 3.46. The Morgan fingerprint density at radius 3 is 2.46 bits per heavy atom. The second-order valence-electron chi connectivity index (χ2n) is 6.43. The lowest BCUT2D eigenvalue weighted by molar-refractivity contribution is -0.149. The van der Waals surface area contributed by atoms with Gasteiger partial charge in [-0.05, 0) is 42.3 Å². The van der Waals surface area contributed by atoms with Gasteiger partial charge in [-0.25, -0.2) is 4.79 Å². The van der Waals surface area contributed by atoms with E-state index in [-0.39, 0.29) is 0 Å². The quantitative estimate of drug-likeness (QED) is 0.572. The lowest BCUT2D eigenvalue weighted by Crippen LogP contribution is -2.26. The third kappa shape index (κ3) is 5.24. The van der Waals surface area contributed by atoms with E-state index >= 15 is 0 Å². The summed E-state index contributed by atoms with van der Waals surface area (Å²) in [7, 11) is 0. The monoisotopic (exact) mass is 379 g/mol. The number of ether oxygens (including phenoxy) is 2. The van der Waals surface area contributed by atoms with Gasteiger partial charge in [0.15, 0.2) is 6.10 Å². The van der Waals surface area contributed by atoms with Crippen LogP contribution in [0.5, 0.6) is 5.75 Å². The number of nitrogens with zero attached hydrogens (tertiary/aromatic N) is 1. The van der Waals surface area contributed by atoms with Crippen molar-refractivity contribution >= 4 is 5.97 Å². The fraction of sp³-hybridized carbons (Fsp3) is 0.261. The molecular formula is C23H25NO4. The van der Waals surface area contributed by atoms with Crippen LogP contribution in [0.2, 0.25) is 0 Å². The van der Waals surface area contributed by atoms with Crippen molar-refractivity contribution in [2.75, 3.05) is 13.2 Å². The third-order valence-electron chi connectivity index (χ3n) is 4.49. The summed E-state index contributed by atoms with van der Waals surface area (Å²) >= 11 is 0. The molecule has 2 aromatic carbocycles. The van der Waals surface area contributed by atoms with Gasteiger partial charge in [-0.1, -0.05) is 42.5 Å². The number of aliphatic carboxylic acids is 1. The van der Waals surface area contributed by atoms with Crippen molar-refractivity contribution in [3.8, 4) is 17.0 Å². The molecule has 0 radical (unpaired) electrons. The molecule has 0 aliphatic carbocycles. The Morgan fingerprint density at radius 1 is 1.04 bits per heavy atom. The van der Waals surface area contributed by atoms with Crippen LogP contribution in [0.3, 0.4) is 0 Å². The molecule has 0 bridgehead atoms. The number of benzene rings is 2. The van der Waals surface area contributed by atoms with E-state index in [1.54, 1.807) is 6.92 Å². The first kappa shape index (κ1) is 19.7. The van der Waals surface area contributed by atoms with Crippen LogP contribution < -0.4 is 4.74 Å². The van der Waals surface area contributed by atoms with Gasteiger partial charge in [0.2, 0.25) is 0 Å². The van der Waals surface area contributed by atoms with Crippen LogP contribution in [0, 0.1) is 0 Å². The zero-order valence-corrected chi connectivity index (χ0v) is 16.0. The lowest BCUT2D eigenvalue weighted by atomic mass is 10.1. The lowest BCUT2D eigenvalue weighted by Gasteiger charge is -2.13. The molecule has 146 valence electrons. The maximum atomic E-state index is 11.2. The number of aromatic nitrogens is 1. The molecule has 0 saturated heterocycles. The van der Waals surface area contributed by atoms with Crippen LogP contribution in [0.1, 0.15) is 12.5 Å². The van der Waals surface area contributed by atoms with E-state index < -0.39 is 12.1 Å². The predicted octanol–water partition coefficient (Wildman–Crippen LogP) is 4.27. The van der Waals surface area contributed by atoms with Crippen LogP contribution in [0.25, 0.3) is 11.3 Å². The van der Waals surface area contributed by atoms with Crippen LogP contribution in [-0.2, 0) is 22.5 Å². The highest BCUT2D eigenvalue weighted by atomic mass is 16.5. The molecule has 1 atom stereocenters. The molecule has 0 spiro atoms. The minimum Gasteiger partial charge on any atom is -0.492 e. The van der Waals surface area contributed by atoms with E-state index in [0.29, 0.717) is 19.6 Å². The van der Waals surface area contributed by atoms with Crippen LogP contribution in [0.15, 0.2) is 72.9 Å². The van der Waals surface area contributed by atoms with Crippen molar-refractivity contribution < 1.29 is 19.4 Å². The highest BCUT2D eigenvalue weighted by Gasteiger charge is 2.17. The Balaban J connectivity index is 1.54. The van der Waals surface area contributed by atoms with E-state index in [9.17, 15) is 9.90 Å². The number of carboxylic acids is 1. The van der Waals surface area contributed by atoms with Gasteiger partial charge in [-0.15, -0.1) is 0 Å². The van der Waals surface area contributed by atoms with E-state index in [0.717, 1.165) is 23.6 Å². The van der Waals surface area contributed by atoms with Crippen molar-refractivity contribution in [1.29, 1.82) is 0 Å². The van der Waals surface area contributed by atoms with Gasteiger partial charge in [0.1, 0.15) is 12.4 Å². The third-order valence-corrected chi connectivity index (χ3v) is 4.49. The minimum atomic E-state index is -0.942. The van der Waals surface area contributed by atoms with Gasteiger partial charge in [-0.2, -0.15) is 0 Å². The van der Waals surface area contributed by atoms with E-state index in [1.807, 2.05) is 48.5 Å². The maximum absolute atomic E-state index is 11.2. The summed E-state index contributed by atoms with van der Waals surface area (Å²) in [5, 5.41) is 9.18. The van der Waals surface area contributed by atoms with Crippen LogP contribution in [-0.4, -0.2) is 35.0 Å². The summed E-state index contributed by atoms with van der Waals surface area (Å²) in [6, 6.07) is 21.9. The Labute approximate surface area is 165 Å². The zero-order valence-electron chi connectivity index (χ0n) is 16.0. The fourth-order valence-corrected chi connectivity index (χ4v) is 3.10. The smallest absolute Gasteiger partial charge is 0.333 e. The number of carboxylic acid groups (broad SMARTS) is 1. The summed E-state index contributed by atoms with van der Waals surface area (Å²) in [5.41, 5.74) is 3.25. The maximum Gasteiger partial charge on any atom is 0.333 e. The number of rotatable bonds is 10. The van der Waals surface area contributed by atoms with Gasteiger partial charge in [-0.3, -0.25) is 0 Å². The fourth-order valence-electron chi connectivity index (χ4n) is 3.10. The number of hydrogen-bond acceptors (Lipinski definition) is 3. The SMILES string of the molecule is CCOC(Cc1ccc(OCCn2cccc2-c2ccccc2)cc1)C(=O)O. The van der Waals surface area contributed by atoms with Gasteiger partial charge in [0.25, 0.3) is 0 Å². The van der Waals surface area contributed by atoms with Gasteiger partial charge >= 0.3 is 5.97 Å². The molecule has 28 heavy (non-hydrogen) atoms. The van der Waals surface area contributed by atoms with Crippen LogP contribution in [0.4, 0.5) is 0 Å². The first-order valence-corrected chi connectivity index (χ1v) is 9.44. The molecule has 0 fully saturated rings. The molecule has 3 aromatic rings. The summed E-state index contributed by atoms with van der Waals surface area (Å²) in [5.74, 6) is -0.177. The van der Waals surface area contributed by atoms with E-state index in [4.69, 9.17) is 9.47 Å². The topological polar surface area (TPSA) is 60.7 Å². The molecule has 1 unspecified atom stereocenters. The molecule has 0 saturated carbocycles. The summed E-state index contributed by atoms with van der Waals surface area (Å²) in [4.78, 5) is 11.2. The first-order chi connectivity index (χ1) is 13.7. The molecule has 0 aliphatic heterocycles. The average molecular weight is 379 g/mol. The average Bonchev–Trinajstić information content (AvgIpc) is 3.18. The summed E-state index contributed by atoms with van der Waals surface area (Å²) < 4.78 is 13.3. The van der Waals surface area contributed by atoms with Crippen molar-refractivity contribution in [2.45, 2.75) is 26.0 Å². The molecular weight excluding hydrogens is 354 g/mol. The second kappa shape index (κ2) is 9.76. The second-order valence-corrected chi connectivity index (χ2v) is 6.43. The predicted molar refractivity (Wildman–Crippen MR) is 109 cm³/mol. The zero-order chi connectivity index (χ0) is 19.8. The molecule has 1 aromatic heterocycles. The van der Waals surface area contributed by atoms with Gasteiger partial charge < -0.3 is 19.1 Å². The Bertz CT molecular complexity index is 871. The Morgan fingerprint density at radius 2 is 1.79 bits per heavy atom. The van der Waals surface area contributed by atoms with Gasteiger partial charge in [0, 0.05) is 24.9 Å².